The first-order chi connectivity index (χ1) is 12.5. The Balaban J connectivity index is 0.00000163. The van der Waals surface area contributed by atoms with Crippen LogP contribution in [0.25, 0.3) is 5.57 Å². The summed E-state index contributed by atoms with van der Waals surface area (Å²) in [6.07, 6.45) is 1.76. The number of benzene rings is 2. The first-order valence-corrected chi connectivity index (χ1v) is 9.11. The summed E-state index contributed by atoms with van der Waals surface area (Å²) in [4.78, 5) is 0. The number of ether oxygens (including phenoxy) is 1. The van der Waals surface area contributed by atoms with Gasteiger partial charge in [-0.15, -0.1) is 0 Å². The molecule has 0 radical (unpaired) electrons. The van der Waals surface area contributed by atoms with Crippen LogP contribution in [0.5, 0.6) is 5.75 Å². The number of hydrogen-bond donors (Lipinski definition) is 1. The standard InChI is InChI=1S/C21H24N2O.C2H6/c1-5-16-8-18(11-19(10-16)24-4)9-17-7-6-14(2)20(12-17)21(13-22)15(3)23;1-2/h6-8,10-12H,5,9,23H2,1-4H3;1-2H3/b21-15+;. The summed E-state index contributed by atoms with van der Waals surface area (Å²) in [5, 5.41) is 9.39. The zero-order chi connectivity index (χ0) is 19.7. The van der Waals surface area contributed by atoms with Gasteiger partial charge in [0.25, 0.3) is 0 Å². The van der Waals surface area contributed by atoms with Gasteiger partial charge in [0, 0.05) is 5.70 Å². The Hall–Kier alpha value is -2.73. The molecule has 0 heterocycles. The van der Waals surface area contributed by atoms with Gasteiger partial charge in [-0.2, -0.15) is 5.26 Å². The van der Waals surface area contributed by atoms with E-state index in [-0.39, 0.29) is 0 Å². The molecule has 2 rings (SSSR count). The molecule has 0 aliphatic rings. The maximum Gasteiger partial charge on any atom is 0.119 e. The summed E-state index contributed by atoms with van der Waals surface area (Å²) in [6, 6.07) is 14.8. The van der Waals surface area contributed by atoms with Crippen LogP contribution < -0.4 is 10.5 Å². The third-order valence-electron chi connectivity index (χ3n) is 4.16. The number of nitrogens with zero attached hydrogens (tertiary/aromatic N) is 1. The van der Waals surface area contributed by atoms with Crippen LogP contribution in [0.15, 0.2) is 42.1 Å². The Bertz CT molecular complexity index is 787. The quantitative estimate of drug-likeness (QED) is 0.735. The number of nitrogens with two attached hydrogens (primary N) is 1. The molecule has 0 bridgehead atoms. The molecule has 26 heavy (non-hydrogen) atoms. The van der Waals surface area contributed by atoms with Crippen molar-refractivity contribution in [3.05, 3.63) is 69.9 Å². The van der Waals surface area contributed by atoms with Gasteiger partial charge in [-0.1, -0.05) is 39.0 Å². The molecular formula is C23H30N2O. The predicted octanol–water partition coefficient (Wildman–Crippen LogP) is 5.40. The van der Waals surface area contributed by atoms with Crippen molar-refractivity contribution in [1.82, 2.24) is 0 Å². The van der Waals surface area contributed by atoms with Gasteiger partial charge >= 0.3 is 0 Å². The Morgan fingerprint density at radius 2 is 1.73 bits per heavy atom. The lowest BCUT2D eigenvalue weighted by Gasteiger charge is -2.11. The third kappa shape index (κ3) is 5.39. The average Bonchev–Trinajstić information content (AvgIpc) is 2.65. The molecule has 0 aromatic heterocycles. The van der Waals surface area contributed by atoms with Gasteiger partial charge in [-0.3, -0.25) is 0 Å². The largest absolute Gasteiger partial charge is 0.497 e. The number of hydrogen-bond acceptors (Lipinski definition) is 3. The van der Waals surface area contributed by atoms with E-state index >= 15 is 0 Å². The molecular weight excluding hydrogens is 320 g/mol. The molecule has 2 aromatic rings. The lowest BCUT2D eigenvalue weighted by atomic mass is 9.94. The van der Waals surface area contributed by atoms with E-state index in [1.54, 1.807) is 14.0 Å². The zero-order valence-electron chi connectivity index (χ0n) is 16.8. The van der Waals surface area contributed by atoms with Crippen molar-refractivity contribution in [2.45, 2.75) is 47.5 Å². The number of methoxy groups -OCH3 is 1. The monoisotopic (exact) mass is 350 g/mol. The van der Waals surface area contributed by atoms with Gasteiger partial charge in [0.15, 0.2) is 0 Å². The van der Waals surface area contributed by atoms with E-state index in [0.717, 1.165) is 35.3 Å². The van der Waals surface area contributed by atoms with E-state index < -0.39 is 0 Å². The fourth-order valence-corrected chi connectivity index (χ4v) is 2.80. The summed E-state index contributed by atoms with van der Waals surface area (Å²) in [7, 11) is 1.69. The van der Waals surface area contributed by atoms with Crippen LogP contribution in [0.2, 0.25) is 0 Å². The Kier molecular flexibility index (Phi) is 8.45. The van der Waals surface area contributed by atoms with Crippen molar-refractivity contribution in [3.8, 4) is 11.8 Å². The van der Waals surface area contributed by atoms with Gasteiger partial charge in [0.05, 0.1) is 12.7 Å². The second kappa shape index (κ2) is 10.3. The van der Waals surface area contributed by atoms with E-state index in [1.807, 2.05) is 26.8 Å². The van der Waals surface area contributed by atoms with Crippen LogP contribution in [0.1, 0.15) is 55.5 Å². The van der Waals surface area contributed by atoms with Crippen LogP contribution in [-0.4, -0.2) is 7.11 Å². The van der Waals surface area contributed by atoms with Crippen LogP contribution in [-0.2, 0) is 12.8 Å². The number of nitriles is 1. The van der Waals surface area contributed by atoms with Gasteiger partial charge in [-0.05, 0) is 72.7 Å². The summed E-state index contributed by atoms with van der Waals surface area (Å²) in [5.74, 6) is 0.882. The molecule has 2 aromatic carbocycles. The molecule has 138 valence electrons. The maximum atomic E-state index is 9.39. The normalized spacial score (nSPS) is 11.0. The third-order valence-corrected chi connectivity index (χ3v) is 4.16. The van der Waals surface area contributed by atoms with Crippen LogP contribution >= 0.6 is 0 Å². The second-order valence-electron chi connectivity index (χ2n) is 6.04. The van der Waals surface area contributed by atoms with E-state index in [0.29, 0.717) is 11.3 Å². The average molecular weight is 351 g/mol. The number of allylic oxidation sites excluding steroid dienone is 2. The Morgan fingerprint density at radius 3 is 2.27 bits per heavy atom. The Morgan fingerprint density at radius 1 is 1.08 bits per heavy atom. The van der Waals surface area contributed by atoms with Gasteiger partial charge in [0.1, 0.15) is 11.8 Å². The summed E-state index contributed by atoms with van der Waals surface area (Å²) >= 11 is 0. The highest BCUT2D eigenvalue weighted by Gasteiger charge is 2.09. The first kappa shape index (κ1) is 21.3. The highest BCUT2D eigenvalue weighted by atomic mass is 16.5. The number of rotatable bonds is 5. The molecule has 0 spiro atoms. The second-order valence-corrected chi connectivity index (χ2v) is 6.04. The fraction of sp³-hybridized carbons (Fsp3) is 0.348. The summed E-state index contributed by atoms with van der Waals surface area (Å²) < 4.78 is 5.40. The molecule has 0 saturated heterocycles. The molecule has 0 aliphatic heterocycles. The highest BCUT2D eigenvalue weighted by molar-refractivity contribution is 5.80. The van der Waals surface area contributed by atoms with Crippen molar-refractivity contribution in [3.63, 3.8) is 0 Å². The van der Waals surface area contributed by atoms with Gasteiger partial charge < -0.3 is 10.5 Å². The summed E-state index contributed by atoms with van der Waals surface area (Å²) in [5.41, 5.74) is 12.5. The minimum atomic E-state index is 0.549. The van der Waals surface area contributed by atoms with Gasteiger partial charge in [-0.25, -0.2) is 0 Å². The predicted molar refractivity (Wildman–Crippen MR) is 110 cm³/mol. The fourth-order valence-electron chi connectivity index (χ4n) is 2.80. The van der Waals surface area contributed by atoms with E-state index in [4.69, 9.17) is 10.5 Å². The molecule has 2 N–H and O–H groups in total. The molecule has 3 heteroatoms. The summed E-state index contributed by atoms with van der Waals surface area (Å²) in [6.45, 7) is 9.90. The topological polar surface area (TPSA) is 59.0 Å². The molecule has 0 fully saturated rings. The van der Waals surface area contributed by atoms with Crippen LogP contribution in [0.4, 0.5) is 0 Å². The maximum absolute atomic E-state index is 9.39. The van der Waals surface area contributed by atoms with Crippen LogP contribution in [0.3, 0.4) is 0 Å². The van der Waals surface area contributed by atoms with Gasteiger partial charge in [0.2, 0.25) is 0 Å². The first-order valence-electron chi connectivity index (χ1n) is 9.11. The Labute approximate surface area is 158 Å². The highest BCUT2D eigenvalue weighted by Crippen LogP contribution is 2.25. The number of aryl methyl sites for hydroxylation is 2. The molecule has 0 amide bonds. The van der Waals surface area contributed by atoms with Crippen molar-refractivity contribution in [2.24, 2.45) is 5.73 Å². The molecule has 0 unspecified atom stereocenters. The van der Waals surface area contributed by atoms with E-state index in [2.05, 4.69) is 43.3 Å². The SMILES string of the molecule is CC.CCc1cc(Cc2ccc(C)c(/C(C#N)=C(\C)N)c2)cc(OC)c1. The van der Waals surface area contributed by atoms with E-state index in [9.17, 15) is 5.26 Å². The van der Waals surface area contributed by atoms with E-state index in [1.165, 1.54) is 11.1 Å². The zero-order valence-corrected chi connectivity index (χ0v) is 16.8. The van der Waals surface area contributed by atoms with Crippen molar-refractivity contribution in [1.29, 1.82) is 5.26 Å². The smallest absolute Gasteiger partial charge is 0.119 e. The minimum absolute atomic E-state index is 0.549. The van der Waals surface area contributed by atoms with Crippen molar-refractivity contribution >= 4 is 5.57 Å². The molecule has 0 atom stereocenters. The molecule has 3 nitrogen and oxygen atoms in total. The molecule has 0 saturated carbocycles. The van der Waals surface area contributed by atoms with Crippen molar-refractivity contribution < 1.29 is 4.74 Å². The van der Waals surface area contributed by atoms with Crippen molar-refractivity contribution in [2.75, 3.05) is 7.11 Å². The molecule has 0 aliphatic carbocycles. The lowest BCUT2D eigenvalue weighted by molar-refractivity contribution is 0.414. The minimum Gasteiger partial charge on any atom is -0.497 e. The van der Waals surface area contributed by atoms with Crippen LogP contribution in [0, 0.1) is 18.3 Å². The lowest BCUT2D eigenvalue weighted by Crippen LogP contribution is -2.00.